The van der Waals surface area contributed by atoms with Crippen LogP contribution in [0.1, 0.15) is 43.5 Å². The Hall–Kier alpha value is -2.92. The number of carboxylic acid groups (broad SMARTS) is 1. The van der Waals surface area contributed by atoms with Crippen molar-refractivity contribution in [3.8, 4) is 0 Å². The number of para-hydroxylation sites is 1. The summed E-state index contributed by atoms with van der Waals surface area (Å²) in [5.74, 6) is -2.76. The van der Waals surface area contributed by atoms with Gasteiger partial charge >= 0.3 is 12.1 Å². The van der Waals surface area contributed by atoms with Crippen molar-refractivity contribution >= 4 is 16.9 Å². The Morgan fingerprint density at radius 3 is 2.55 bits per heavy atom. The predicted octanol–water partition coefficient (Wildman–Crippen LogP) is 3.54. The zero-order valence-electron chi connectivity index (χ0n) is 18.3. The van der Waals surface area contributed by atoms with Gasteiger partial charge in [-0.15, -0.1) is 5.10 Å². The number of carbonyl (C=O) groups is 1. The van der Waals surface area contributed by atoms with E-state index in [0.29, 0.717) is 17.8 Å². The summed E-state index contributed by atoms with van der Waals surface area (Å²) >= 11 is 0. The van der Waals surface area contributed by atoms with Crippen LogP contribution in [0.2, 0.25) is 0 Å². The summed E-state index contributed by atoms with van der Waals surface area (Å²) in [6, 6.07) is 9.51. The molecule has 2 aromatic heterocycles. The Morgan fingerprint density at radius 1 is 1.27 bits per heavy atom. The van der Waals surface area contributed by atoms with Gasteiger partial charge in [-0.1, -0.05) is 23.4 Å². The fraction of sp³-hybridized carbons (Fsp3) is 0.500. The molecule has 3 aromatic rings. The van der Waals surface area contributed by atoms with Crippen molar-refractivity contribution in [2.24, 2.45) is 0 Å². The van der Waals surface area contributed by atoms with Gasteiger partial charge in [0.05, 0.1) is 18.8 Å². The lowest BCUT2D eigenvalue weighted by Gasteiger charge is -2.36. The minimum Gasteiger partial charge on any atom is -0.475 e. The lowest BCUT2D eigenvalue weighted by atomic mass is 10.00. The summed E-state index contributed by atoms with van der Waals surface area (Å²) in [7, 11) is 0. The molecule has 1 aliphatic rings. The van der Waals surface area contributed by atoms with Crippen molar-refractivity contribution in [1.29, 1.82) is 0 Å². The highest BCUT2D eigenvalue weighted by molar-refractivity contribution is 5.83. The van der Waals surface area contributed by atoms with E-state index in [0.717, 1.165) is 32.4 Å². The molecule has 8 nitrogen and oxygen atoms in total. The molecular formula is C22H28F3N5O3. The van der Waals surface area contributed by atoms with Gasteiger partial charge in [-0.3, -0.25) is 0 Å². The van der Waals surface area contributed by atoms with Gasteiger partial charge in [0.1, 0.15) is 5.69 Å². The van der Waals surface area contributed by atoms with Crippen molar-refractivity contribution in [1.82, 2.24) is 24.9 Å². The van der Waals surface area contributed by atoms with Crippen molar-refractivity contribution in [3.63, 3.8) is 0 Å². The van der Waals surface area contributed by atoms with Gasteiger partial charge in [-0.25, -0.2) is 9.48 Å². The van der Waals surface area contributed by atoms with Gasteiger partial charge in [-0.2, -0.15) is 13.2 Å². The van der Waals surface area contributed by atoms with Gasteiger partial charge in [0, 0.05) is 36.2 Å². The van der Waals surface area contributed by atoms with E-state index in [-0.39, 0.29) is 6.61 Å². The van der Waals surface area contributed by atoms with Gasteiger partial charge in [0.15, 0.2) is 0 Å². The SMILES string of the molecule is CC(CCc1c[nH]c2ccccc12)N1CCC(n2cc(CO)nn2)CC1.O=C(O)C(F)(F)F. The molecule has 3 N–H and O–H groups in total. The summed E-state index contributed by atoms with van der Waals surface area (Å²) < 4.78 is 33.7. The molecule has 0 amide bonds. The number of nitrogens with one attached hydrogen (secondary N) is 1. The molecule has 0 aliphatic carbocycles. The largest absolute Gasteiger partial charge is 0.490 e. The minimum absolute atomic E-state index is 0.0380. The van der Waals surface area contributed by atoms with E-state index in [1.54, 1.807) is 0 Å². The Bertz CT molecular complexity index is 1040. The standard InChI is InChI=1S/C20H27N5O.C2HF3O2/c1-15(6-7-16-12-21-20-5-3-2-4-19(16)20)24-10-8-18(9-11-24)25-13-17(14-26)22-23-25;3-2(4,5)1(6)7/h2-5,12-13,15,18,21,26H,6-11,14H2,1H3;(H,6,7). The first kappa shape index (κ1) is 24.7. The fourth-order valence-corrected chi connectivity index (χ4v) is 4.04. The molecule has 1 aliphatic heterocycles. The van der Waals surface area contributed by atoms with Crippen LogP contribution in [0.15, 0.2) is 36.7 Å². The van der Waals surface area contributed by atoms with E-state index in [1.807, 2.05) is 10.9 Å². The number of nitrogens with zero attached hydrogens (tertiary/aromatic N) is 4. The smallest absolute Gasteiger partial charge is 0.475 e. The third-order valence-corrected chi connectivity index (χ3v) is 5.97. The normalized spacial score (nSPS) is 16.4. The number of fused-ring (bicyclic) bond motifs is 1. The number of hydrogen-bond acceptors (Lipinski definition) is 5. The highest BCUT2D eigenvalue weighted by Gasteiger charge is 2.38. The number of halogens is 3. The van der Waals surface area contributed by atoms with Crippen LogP contribution in [0.25, 0.3) is 10.9 Å². The first-order valence-corrected chi connectivity index (χ1v) is 10.8. The van der Waals surface area contributed by atoms with E-state index < -0.39 is 12.1 Å². The summed E-state index contributed by atoms with van der Waals surface area (Å²) in [6.45, 7) is 4.49. The quantitative estimate of drug-likeness (QED) is 0.512. The second-order valence-electron chi connectivity index (χ2n) is 8.17. The van der Waals surface area contributed by atoms with E-state index in [1.165, 1.54) is 22.9 Å². The summed E-state index contributed by atoms with van der Waals surface area (Å²) in [5, 5.41) is 25.8. The van der Waals surface area contributed by atoms with Crippen LogP contribution in [0.5, 0.6) is 0 Å². The minimum atomic E-state index is -5.08. The van der Waals surface area contributed by atoms with Gasteiger partial charge in [-0.05, 0) is 44.2 Å². The van der Waals surface area contributed by atoms with Gasteiger partial charge in [0.25, 0.3) is 0 Å². The van der Waals surface area contributed by atoms with E-state index >= 15 is 0 Å². The number of aliphatic hydroxyl groups excluding tert-OH is 1. The molecule has 1 aromatic carbocycles. The molecule has 180 valence electrons. The van der Waals surface area contributed by atoms with Crippen LogP contribution < -0.4 is 0 Å². The number of aromatic nitrogens is 4. The number of piperidine rings is 1. The first-order chi connectivity index (χ1) is 15.7. The number of H-pyrrole nitrogens is 1. The number of carboxylic acids is 1. The number of aliphatic hydroxyl groups is 1. The van der Waals surface area contributed by atoms with Crippen LogP contribution in [-0.2, 0) is 17.8 Å². The average molecular weight is 467 g/mol. The zero-order chi connectivity index (χ0) is 24.0. The Balaban J connectivity index is 0.000000383. The molecule has 11 heteroatoms. The molecule has 0 saturated carbocycles. The Labute approximate surface area is 189 Å². The molecule has 33 heavy (non-hydrogen) atoms. The zero-order valence-corrected chi connectivity index (χ0v) is 18.3. The molecule has 0 spiro atoms. The number of rotatable bonds is 6. The Morgan fingerprint density at radius 2 is 1.94 bits per heavy atom. The highest BCUT2D eigenvalue weighted by Crippen LogP contribution is 2.25. The lowest BCUT2D eigenvalue weighted by Crippen LogP contribution is -2.40. The van der Waals surface area contributed by atoms with Crippen LogP contribution >= 0.6 is 0 Å². The number of likely N-dealkylation sites (tertiary alicyclic amines) is 1. The molecule has 0 radical (unpaired) electrons. The first-order valence-electron chi connectivity index (χ1n) is 10.8. The number of hydrogen-bond donors (Lipinski definition) is 3. The van der Waals surface area contributed by atoms with Crippen LogP contribution in [-0.4, -0.2) is 66.4 Å². The van der Waals surface area contributed by atoms with E-state index in [9.17, 15) is 13.2 Å². The number of benzene rings is 1. The molecule has 1 saturated heterocycles. The average Bonchev–Trinajstić information content (AvgIpc) is 3.44. The summed E-state index contributed by atoms with van der Waals surface area (Å²) in [5.41, 5.74) is 3.30. The third-order valence-electron chi connectivity index (χ3n) is 5.97. The molecule has 3 heterocycles. The topological polar surface area (TPSA) is 107 Å². The van der Waals surface area contributed by atoms with E-state index in [4.69, 9.17) is 15.0 Å². The second-order valence-corrected chi connectivity index (χ2v) is 8.17. The molecular weight excluding hydrogens is 439 g/mol. The maximum atomic E-state index is 10.6. The number of aliphatic carboxylic acids is 1. The third kappa shape index (κ3) is 6.55. The molecule has 0 bridgehead atoms. The van der Waals surface area contributed by atoms with Crippen molar-refractivity contribution in [2.75, 3.05) is 13.1 Å². The number of aryl methyl sites for hydroxylation is 1. The molecule has 1 fully saturated rings. The van der Waals surface area contributed by atoms with Crippen LogP contribution in [0, 0.1) is 0 Å². The molecule has 4 rings (SSSR count). The van der Waals surface area contributed by atoms with Crippen LogP contribution in [0.3, 0.4) is 0 Å². The van der Waals surface area contributed by atoms with Crippen molar-refractivity contribution in [3.05, 3.63) is 47.9 Å². The Kier molecular flexibility index (Phi) is 8.09. The van der Waals surface area contributed by atoms with E-state index in [2.05, 4.69) is 57.6 Å². The summed E-state index contributed by atoms with van der Waals surface area (Å²) in [6.07, 6.45) is 3.41. The van der Waals surface area contributed by atoms with Gasteiger partial charge in [0.2, 0.25) is 0 Å². The maximum Gasteiger partial charge on any atom is 0.490 e. The summed E-state index contributed by atoms with van der Waals surface area (Å²) in [4.78, 5) is 14.9. The second kappa shape index (κ2) is 10.8. The number of alkyl halides is 3. The fourth-order valence-electron chi connectivity index (χ4n) is 4.04. The van der Waals surface area contributed by atoms with Crippen molar-refractivity contribution < 1.29 is 28.2 Å². The van der Waals surface area contributed by atoms with Gasteiger partial charge < -0.3 is 20.1 Å². The van der Waals surface area contributed by atoms with Crippen LogP contribution in [0.4, 0.5) is 13.2 Å². The monoisotopic (exact) mass is 467 g/mol. The van der Waals surface area contributed by atoms with Crippen molar-refractivity contribution in [2.45, 2.75) is 57.5 Å². The predicted molar refractivity (Wildman–Crippen MR) is 116 cm³/mol. The molecule has 1 atom stereocenters. The number of aromatic amines is 1. The highest BCUT2D eigenvalue weighted by atomic mass is 19.4. The molecule has 1 unspecified atom stereocenters. The lowest BCUT2D eigenvalue weighted by molar-refractivity contribution is -0.192. The maximum absolute atomic E-state index is 10.6.